The number of aromatic carboxylic acids is 1. The van der Waals surface area contributed by atoms with Gasteiger partial charge in [0.2, 0.25) is 0 Å². The zero-order valence-electron chi connectivity index (χ0n) is 9.55. The summed E-state index contributed by atoms with van der Waals surface area (Å²) in [5.74, 6) is -1.19. The predicted molar refractivity (Wildman–Crippen MR) is 62.6 cm³/mol. The summed E-state index contributed by atoms with van der Waals surface area (Å²) in [6.07, 6.45) is 2.11. The summed E-state index contributed by atoms with van der Waals surface area (Å²) in [7, 11) is 0. The normalized spacial score (nSPS) is 18.3. The number of anilines is 1. The van der Waals surface area contributed by atoms with Gasteiger partial charge in [0.25, 0.3) is 0 Å². The van der Waals surface area contributed by atoms with Crippen LogP contribution in [0.5, 0.6) is 0 Å². The number of amides is 2. The van der Waals surface area contributed by atoms with Crippen LogP contribution in [0.25, 0.3) is 0 Å². The highest BCUT2D eigenvalue weighted by Crippen LogP contribution is 2.12. The van der Waals surface area contributed by atoms with Crippen LogP contribution < -0.4 is 10.6 Å². The fourth-order valence-electron chi connectivity index (χ4n) is 1.67. The summed E-state index contributed by atoms with van der Waals surface area (Å²) >= 11 is 0. The van der Waals surface area contributed by atoms with Crippen LogP contribution in [0.4, 0.5) is 10.5 Å². The van der Waals surface area contributed by atoms with Crippen molar-refractivity contribution in [1.29, 1.82) is 0 Å². The molecular weight excluding hydrogens is 238 g/mol. The van der Waals surface area contributed by atoms with E-state index in [1.54, 1.807) is 6.07 Å². The molecule has 1 fully saturated rings. The molecule has 7 nitrogen and oxygen atoms in total. The van der Waals surface area contributed by atoms with Crippen LogP contribution in [-0.4, -0.2) is 41.3 Å². The molecule has 1 aromatic heterocycles. The average Bonchev–Trinajstić information content (AvgIpc) is 2.82. The molecule has 7 heteroatoms. The van der Waals surface area contributed by atoms with Gasteiger partial charge < -0.3 is 20.5 Å². The molecule has 0 aromatic carbocycles. The van der Waals surface area contributed by atoms with Crippen molar-refractivity contribution in [3.8, 4) is 0 Å². The Kier molecular flexibility index (Phi) is 3.73. The molecule has 1 saturated heterocycles. The number of nitrogens with zero attached hydrogens (tertiary/aromatic N) is 1. The quantitative estimate of drug-likeness (QED) is 0.733. The van der Waals surface area contributed by atoms with Gasteiger partial charge in [-0.05, 0) is 18.6 Å². The fourth-order valence-corrected chi connectivity index (χ4v) is 1.67. The highest BCUT2D eigenvalue weighted by molar-refractivity contribution is 5.98. The van der Waals surface area contributed by atoms with E-state index >= 15 is 0 Å². The van der Waals surface area contributed by atoms with Gasteiger partial charge in [-0.2, -0.15) is 0 Å². The van der Waals surface area contributed by atoms with Crippen LogP contribution >= 0.6 is 0 Å². The van der Waals surface area contributed by atoms with E-state index in [-0.39, 0.29) is 17.4 Å². The SMILES string of the molecule is O=C(Nc1cccnc1C(=O)O)NC1CCOC1. The van der Waals surface area contributed by atoms with Crippen molar-refractivity contribution in [3.63, 3.8) is 0 Å². The maximum atomic E-state index is 11.6. The number of aromatic nitrogens is 1. The summed E-state index contributed by atoms with van der Waals surface area (Å²) in [6.45, 7) is 1.10. The minimum Gasteiger partial charge on any atom is -0.476 e. The third-order valence-corrected chi connectivity index (χ3v) is 2.52. The highest BCUT2D eigenvalue weighted by atomic mass is 16.5. The molecule has 2 rings (SSSR count). The zero-order chi connectivity index (χ0) is 13.0. The Morgan fingerprint density at radius 3 is 3.00 bits per heavy atom. The molecule has 0 saturated carbocycles. The number of hydrogen-bond acceptors (Lipinski definition) is 4. The number of rotatable bonds is 3. The third-order valence-electron chi connectivity index (χ3n) is 2.52. The van der Waals surface area contributed by atoms with Crippen molar-refractivity contribution in [2.45, 2.75) is 12.5 Å². The van der Waals surface area contributed by atoms with Crippen LogP contribution in [0.1, 0.15) is 16.9 Å². The van der Waals surface area contributed by atoms with E-state index in [2.05, 4.69) is 15.6 Å². The summed E-state index contributed by atoms with van der Waals surface area (Å²) < 4.78 is 5.12. The molecule has 1 atom stereocenters. The molecule has 96 valence electrons. The second-order valence-electron chi connectivity index (χ2n) is 3.86. The van der Waals surface area contributed by atoms with Crippen LogP contribution in [0.3, 0.4) is 0 Å². The predicted octanol–water partition coefficient (Wildman–Crippen LogP) is 0.690. The number of urea groups is 1. The maximum absolute atomic E-state index is 11.6. The first-order valence-electron chi connectivity index (χ1n) is 5.50. The number of carbonyl (C=O) groups is 2. The standard InChI is InChI=1S/C11H13N3O4/c15-10(16)9-8(2-1-4-12-9)14-11(17)13-7-3-5-18-6-7/h1-2,4,7H,3,5-6H2,(H,15,16)(H2,13,14,17). The Morgan fingerprint density at radius 1 is 1.50 bits per heavy atom. The Hall–Kier alpha value is -2.15. The van der Waals surface area contributed by atoms with Crippen molar-refractivity contribution < 1.29 is 19.4 Å². The van der Waals surface area contributed by atoms with Crippen LogP contribution in [-0.2, 0) is 4.74 Å². The molecule has 0 radical (unpaired) electrons. The molecule has 0 spiro atoms. The molecule has 1 aliphatic heterocycles. The van der Waals surface area contributed by atoms with E-state index in [1.807, 2.05) is 0 Å². The lowest BCUT2D eigenvalue weighted by Gasteiger charge is -2.12. The van der Waals surface area contributed by atoms with Crippen molar-refractivity contribution in [1.82, 2.24) is 10.3 Å². The van der Waals surface area contributed by atoms with Crippen LogP contribution in [0.15, 0.2) is 18.3 Å². The highest BCUT2D eigenvalue weighted by Gasteiger charge is 2.19. The first-order valence-corrected chi connectivity index (χ1v) is 5.50. The molecule has 3 N–H and O–H groups in total. The average molecular weight is 251 g/mol. The minimum absolute atomic E-state index is 0.0325. The summed E-state index contributed by atoms with van der Waals surface area (Å²) in [6, 6.07) is 2.55. The number of ether oxygens (including phenoxy) is 1. The van der Waals surface area contributed by atoms with Gasteiger partial charge in [-0.15, -0.1) is 0 Å². The Morgan fingerprint density at radius 2 is 2.33 bits per heavy atom. The number of carboxylic acids is 1. The van der Waals surface area contributed by atoms with Gasteiger partial charge in [-0.3, -0.25) is 0 Å². The van der Waals surface area contributed by atoms with Gasteiger partial charge in [-0.1, -0.05) is 0 Å². The van der Waals surface area contributed by atoms with Crippen molar-refractivity contribution >= 4 is 17.7 Å². The minimum atomic E-state index is -1.19. The van der Waals surface area contributed by atoms with Gasteiger partial charge in [0.1, 0.15) is 0 Å². The Balaban J connectivity index is 2.00. The van der Waals surface area contributed by atoms with Gasteiger partial charge in [0.15, 0.2) is 5.69 Å². The molecule has 0 aliphatic carbocycles. The van der Waals surface area contributed by atoms with Crippen molar-refractivity contribution in [2.75, 3.05) is 18.5 Å². The molecule has 1 unspecified atom stereocenters. The summed E-state index contributed by atoms with van der Waals surface area (Å²) in [4.78, 5) is 26.2. The van der Waals surface area contributed by atoms with Gasteiger partial charge >= 0.3 is 12.0 Å². The smallest absolute Gasteiger partial charge is 0.356 e. The number of hydrogen-bond donors (Lipinski definition) is 3. The van der Waals surface area contributed by atoms with E-state index in [0.29, 0.717) is 13.2 Å². The van der Waals surface area contributed by atoms with E-state index in [9.17, 15) is 9.59 Å². The van der Waals surface area contributed by atoms with Crippen LogP contribution in [0, 0.1) is 0 Å². The molecule has 2 heterocycles. The molecular formula is C11H13N3O4. The lowest BCUT2D eigenvalue weighted by atomic mass is 10.2. The third kappa shape index (κ3) is 2.95. The zero-order valence-corrected chi connectivity index (χ0v) is 9.55. The molecule has 2 amide bonds. The second kappa shape index (κ2) is 5.46. The topological polar surface area (TPSA) is 101 Å². The first-order chi connectivity index (χ1) is 8.66. The number of nitrogens with one attached hydrogen (secondary N) is 2. The van der Waals surface area contributed by atoms with Crippen molar-refractivity contribution in [3.05, 3.63) is 24.0 Å². The molecule has 0 bridgehead atoms. The first kappa shape index (κ1) is 12.3. The van der Waals surface area contributed by atoms with Gasteiger partial charge in [0.05, 0.1) is 18.3 Å². The van der Waals surface area contributed by atoms with E-state index in [1.165, 1.54) is 12.3 Å². The van der Waals surface area contributed by atoms with E-state index in [4.69, 9.17) is 9.84 Å². The number of pyridine rings is 1. The fraction of sp³-hybridized carbons (Fsp3) is 0.364. The largest absolute Gasteiger partial charge is 0.476 e. The Bertz CT molecular complexity index is 457. The van der Waals surface area contributed by atoms with Crippen molar-refractivity contribution in [2.24, 2.45) is 0 Å². The number of carbonyl (C=O) groups excluding carboxylic acids is 1. The molecule has 1 aromatic rings. The number of carboxylic acid groups (broad SMARTS) is 1. The maximum Gasteiger partial charge on any atom is 0.356 e. The second-order valence-corrected chi connectivity index (χ2v) is 3.86. The summed E-state index contributed by atoms with van der Waals surface area (Å²) in [5, 5.41) is 14.1. The van der Waals surface area contributed by atoms with Crippen LogP contribution in [0.2, 0.25) is 0 Å². The molecule has 18 heavy (non-hydrogen) atoms. The monoisotopic (exact) mass is 251 g/mol. The summed E-state index contributed by atoms with van der Waals surface area (Å²) in [5.41, 5.74) is -0.0169. The Labute approximate surface area is 103 Å². The van der Waals surface area contributed by atoms with E-state index < -0.39 is 12.0 Å². The van der Waals surface area contributed by atoms with Gasteiger partial charge in [-0.25, -0.2) is 14.6 Å². The van der Waals surface area contributed by atoms with E-state index in [0.717, 1.165) is 6.42 Å². The lowest BCUT2D eigenvalue weighted by Crippen LogP contribution is -2.38. The van der Waals surface area contributed by atoms with Gasteiger partial charge in [0, 0.05) is 12.8 Å². The lowest BCUT2D eigenvalue weighted by molar-refractivity contribution is 0.0691. The molecule has 1 aliphatic rings.